The van der Waals surface area contributed by atoms with Gasteiger partial charge in [0.2, 0.25) is 0 Å². The van der Waals surface area contributed by atoms with Gasteiger partial charge in [-0.25, -0.2) is 0 Å². The molecular weight excluding hydrogens is 346 g/mol. The van der Waals surface area contributed by atoms with Gasteiger partial charge in [-0.2, -0.15) is 0 Å². The molecule has 0 unspecified atom stereocenters. The maximum atomic E-state index is 12.4. The molecule has 1 saturated carbocycles. The first-order valence-corrected chi connectivity index (χ1v) is 10.8. The number of carbonyl (C=O) groups excluding carboxylic acids is 1. The van der Waals surface area contributed by atoms with Gasteiger partial charge in [-0.3, -0.25) is 4.79 Å². The summed E-state index contributed by atoms with van der Waals surface area (Å²) < 4.78 is 0. The van der Waals surface area contributed by atoms with Crippen molar-refractivity contribution in [3.63, 3.8) is 0 Å². The highest BCUT2D eigenvalue weighted by molar-refractivity contribution is 5.77. The van der Waals surface area contributed by atoms with Gasteiger partial charge in [-0.15, -0.1) is 0 Å². The van der Waals surface area contributed by atoms with Crippen LogP contribution in [0.25, 0.3) is 0 Å². The first-order chi connectivity index (χ1) is 13.7. The minimum atomic E-state index is 0.223. The van der Waals surface area contributed by atoms with E-state index in [0.717, 1.165) is 32.1 Å². The number of amides is 1. The lowest BCUT2D eigenvalue weighted by Crippen LogP contribution is -3.28. The molecule has 1 aliphatic carbocycles. The highest BCUT2D eigenvalue weighted by atomic mass is 16.2. The fraction of sp³-hybridized carbons (Fsp3) is 0.458. The lowest BCUT2D eigenvalue weighted by molar-refractivity contribution is -1.02. The predicted molar refractivity (Wildman–Crippen MR) is 111 cm³/mol. The van der Waals surface area contributed by atoms with E-state index in [4.69, 9.17) is 0 Å². The van der Waals surface area contributed by atoms with Crippen molar-refractivity contribution in [3.05, 3.63) is 71.8 Å². The highest BCUT2D eigenvalue weighted by Gasteiger charge is 2.33. The molecule has 148 valence electrons. The normalized spacial score (nSPS) is 23.4. The molecule has 0 spiro atoms. The Bertz CT molecular complexity index is 712. The fourth-order valence-corrected chi connectivity index (χ4v) is 4.59. The van der Waals surface area contributed by atoms with Crippen LogP contribution in [0.5, 0.6) is 0 Å². The van der Waals surface area contributed by atoms with Gasteiger partial charge in [0.25, 0.3) is 5.91 Å². The summed E-state index contributed by atoms with van der Waals surface area (Å²) in [6.07, 6.45) is 2.55. The number of hydrogen-bond acceptors (Lipinski definition) is 1. The van der Waals surface area contributed by atoms with Gasteiger partial charge in [-0.1, -0.05) is 60.7 Å². The lowest BCUT2D eigenvalue weighted by atomic mass is 9.96. The number of piperazine rings is 1. The first kappa shape index (κ1) is 19.2. The van der Waals surface area contributed by atoms with Crippen LogP contribution >= 0.6 is 0 Å². The number of nitrogens with one attached hydrogen (secondary N) is 3. The van der Waals surface area contributed by atoms with E-state index in [0.29, 0.717) is 18.6 Å². The number of rotatable bonds is 7. The molecule has 1 aliphatic heterocycles. The molecule has 1 heterocycles. The second kappa shape index (κ2) is 8.89. The average Bonchev–Trinajstić information content (AvgIpc) is 3.57. The molecule has 2 aliphatic rings. The first-order valence-electron chi connectivity index (χ1n) is 10.8. The van der Waals surface area contributed by atoms with Crippen LogP contribution in [-0.2, 0) is 4.79 Å². The van der Waals surface area contributed by atoms with E-state index in [1.54, 1.807) is 4.90 Å². The molecule has 4 heteroatoms. The van der Waals surface area contributed by atoms with Crippen molar-refractivity contribution < 1.29 is 14.6 Å². The molecule has 2 aromatic carbocycles. The Morgan fingerprint density at radius 3 is 1.96 bits per heavy atom. The summed E-state index contributed by atoms with van der Waals surface area (Å²) in [6.45, 7) is 7.06. The van der Waals surface area contributed by atoms with Crippen LogP contribution < -0.4 is 15.1 Å². The third kappa shape index (κ3) is 4.81. The van der Waals surface area contributed by atoms with Crippen molar-refractivity contribution in [1.82, 2.24) is 5.32 Å². The van der Waals surface area contributed by atoms with Crippen molar-refractivity contribution in [3.8, 4) is 0 Å². The van der Waals surface area contributed by atoms with Gasteiger partial charge in [0.15, 0.2) is 6.54 Å². The van der Waals surface area contributed by atoms with E-state index in [2.05, 4.69) is 72.9 Å². The Morgan fingerprint density at radius 2 is 1.46 bits per heavy atom. The number of carbonyl (C=O) groups is 1. The third-order valence-corrected chi connectivity index (χ3v) is 6.40. The van der Waals surface area contributed by atoms with E-state index in [1.165, 1.54) is 28.9 Å². The zero-order valence-electron chi connectivity index (χ0n) is 16.9. The van der Waals surface area contributed by atoms with Crippen molar-refractivity contribution in [2.45, 2.75) is 31.8 Å². The summed E-state index contributed by atoms with van der Waals surface area (Å²) in [4.78, 5) is 15.4. The molecule has 1 saturated heterocycles. The molecule has 0 aromatic heterocycles. The summed E-state index contributed by atoms with van der Waals surface area (Å²) >= 11 is 0. The molecule has 2 fully saturated rings. The van der Waals surface area contributed by atoms with Crippen molar-refractivity contribution in [2.75, 3.05) is 32.7 Å². The molecule has 1 amide bonds. The average molecular weight is 380 g/mol. The summed E-state index contributed by atoms with van der Waals surface area (Å²) in [5, 5.41) is 3.21. The highest BCUT2D eigenvalue weighted by Crippen LogP contribution is 2.32. The number of hydrogen-bond donors (Lipinski definition) is 3. The summed E-state index contributed by atoms with van der Waals surface area (Å²) in [5.41, 5.74) is 2.76. The van der Waals surface area contributed by atoms with Crippen LogP contribution in [0.2, 0.25) is 0 Å². The van der Waals surface area contributed by atoms with Crippen LogP contribution in [0, 0.1) is 5.92 Å². The quantitative estimate of drug-likeness (QED) is 0.643. The fourth-order valence-electron chi connectivity index (χ4n) is 4.59. The van der Waals surface area contributed by atoms with Crippen molar-refractivity contribution >= 4 is 5.91 Å². The standard InChI is InChI=1S/C24H31N3O/c1-19(20-12-13-20)25-23(28)18-26-14-16-27(17-15-26)24(21-8-4-2-5-9-21)22-10-6-3-7-11-22/h2-11,19-20,24H,12-18H2,1H3,(H,25,28)/p+2/t19-/m0/s1. The van der Waals surface area contributed by atoms with Crippen molar-refractivity contribution in [2.24, 2.45) is 5.92 Å². The van der Waals surface area contributed by atoms with E-state index in [-0.39, 0.29) is 5.91 Å². The van der Waals surface area contributed by atoms with Gasteiger partial charge < -0.3 is 15.1 Å². The molecule has 0 radical (unpaired) electrons. The second-order valence-electron chi connectivity index (χ2n) is 8.53. The molecule has 0 bridgehead atoms. The Kier molecular flexibility index (Phi) is 6.08. The lowest BCUT2D eigenvalue weighted by Gasteiger charge is -2.35. The molecule has 4 nitrogen and oxygen atoms in total. The van der Waals surface area contributed by atoms with Gasteiger partial charge in [0.05, 0.1) is 0 Å². The SMILES string of the molecule is C[C@H](NC(=O)C[NH+]1CC[NH+](C(c2ccccc2)c2ccccc2)CC1)C1CC1. The monoisotopic (exact) mass is 379 g/mol. The number of benzene rings is 2. The zero-order chi connectivity index (χ0) is 19.3. The third-order valence-electron chi connectivity index (χ3n) is 6.40. The van der Waals surface area contributed by atoms with E-state index in [9.17, 15) is 4.79 Å². The topological polar surface area (TPSA) is 38.0 Å². The Balaban J connectivity index is 1.37. The van der Waals surface area contributed by atoms with E-state index in [1.807, 2.05) is 0 Å². The van der Waals surface area contributed by atoms with Gasteiger partial charge in [0, 0.05) is 17.2 Å². The van der Waals surface area contributed by atoms with Crippen LogP contribution in [-0.4, -0.2) is 44.7 Å². The molecule has 4 rings (SSSR count). The Labute approximate surface area is 168 Å². The Morgan fingerprint density at radius 1 is 0.929 bits per heavy atom. The van der Waals surface area contributed by atoms with Crippen LogP contribution in [0.1, 0.15) is 36.9 Å². The number of quaternary nitrogens is 2. The smallest absolute Gasteiger partial charge is 0.275 e. The largest absolute Gasteiger partial charge is 0.348 e. The maximum Gasteiger partial charge on any atom is 0.275 e. The molecular formula is C24H33N3O+2. The maximum absolute atomic E-state index is 12.4. The summed E-state index contributed by atoms with van der Waals surface area (Å²) in [7, 11) is 0. The van der Waals surface area contributed by atoms with Crippen LogP contribution in [0.4, 0.5) is 0 Å². The van der Waals surface area contributed by atoms with Gasteiger partial charge >= 0.3 is 0 Å². The van der Waals surface area contributed by atoms with Crippen molar-refractivity contribution in [1.29, 1.82) is 0 Å². The molecule has 3 N–H and O–H groups in total. The summed E-state index contributed by atoms with van der Waals surface area (Å²) in [5.74, 6) is 0.943. The Hall–Kier alpha value is -2.17. The molecule has 2 aromatic rings. The molecule has 28 heavy (non-hydrogen) atoms. The van der Waals surface area contributed by atoms with Crippen LogP contribution in [0.15, 0.2) is 60.7 Å². The van der Waals surface area contributed by atoms with E-state index >= 15 is 0 Å². The van der Waals surface area contributed by atoms with Gasteiger partial charge in [-0.05, 0) is 25.7 Å². The second-order valence-corrected chi connectivity index (χ2v) is 8.53. The summed E-state index contributed by atoms with van der Waals surface area (Å²) in [6, 6.07) is 22.4. The zero-order valence-corrected chi connectivity index (χ0v) is 16.9. The van der Waals surface area contributed by atoms with Crippen LogP contribution in [0.3, 0.4) is 0 Å². The minimum Gasteiger partial charge on any atom is -0.348 e. The van der Waals surface area contributed by atoms with E-state index < -0.39 is 0 Å². The predicted octanol–water partition coefficient (Wildman–Crippen LogP) is 0.474. The van der Waals surface area contributed by atoms with Gasteiger partial charge in [0.1, 0.15) is 32.2 Å². The minimum absolute atomic E-state index is 0.223. The molecule has 1 atom stereocenters.